The number of rotatable bonds is 5. The number of hydrogen-bond donors (Lipinski definition) is 2. The third-order valence-electron chi connectivity index (χ3n) is 4.97. The second kappa shape index (κ2) is 6.36. The molecule has 0 radical (unpaired) electrons. The van der Waals surface area contributed by atoms with Gasteiger partial charge in [0.25, 0.3) is 0 Å². The number of aliphatic hydroxyl groups excluding tert-OH is 1. The van der Waals surface area contributed by atoms with E-state index in [-0.39, 0.29) is 5.54 Å². The lowest BCUT2D eigenvalue weighted by atomic mass is 9.95. The van der Waals surface area contributed by atoms with Gasteiger partial charge in [0.2, 0.25) is 0 Å². The fraction of sp³-hybridized carbons (Fsp3) is 1.00. The van der Waals surface area contributed by atoms with Crippen molar-refractivity contribution in [1.29, 1.82) is 0 Å². The van der Waals surface area contributed by atoms with Crippen molar-refractivity contribution in [3.63, 3.8) is 0 Å². The molecule has 18 heavy (non-hydrogen) atoms. The highest BCUT2D eigenvalue weighted by atomic mass is 16.3. The van der Waals surface area contributed by atoms with Crippen molar-refractivity contribution in [2.45, 2.75) is 64.0 Å². The zero-order chi connectivity index (χ0) is 13.0. The number of piperidine rings is 1. The zero-order valence-electron chi connectivity index (χ0n) is 12.1. The summed E-state index contributed by atoms with van der Waals surface area (Å²) in [6.07, 6.45) is 7.38. The molecule has 0 spiro atoms. The van der Waals surface area contributed by atoms with Gasteiger partial charge in [-0.15, -0.1) is 0 Å². The van der Waals surface area contributed by atoms with Crippen LogP contribution in [-0.2, 0) is 0 Å². The Morgan fingerprint density at radius 1 is 1.28 bits per heavy atom. The second-order valence-electron chi connectivity index (χ2n) is 6.48. The molecule has 1 saturated heterocycles. The van der Waals surface area contributed by atoms with Gasteiger partial charge in [-0.3, -0.25) is 0 Å². The maximum atomic E-state index is 9.72. The molecule has 2 N–H and O–H groups in total. The van der Waals surface area contributed by atoms with Crippen molar-refractivity contribution in [3.05, 3.63) is 0 Å². The summed E-state index contributed by atoms with van der Waals surface area (Å²) in [5.41, 5.74) is 0.0176. The first-order valence-corrected chi connectivity index (χ1v) is 7.79. The maximum absolute atomic E-state index is 9.72. The molecule has 106 valence electrons. The van der Waals surface area contributed by atoms with Crippen LogP contribution < -0.4 is 5.32 Å². The van der Waals surface area contributed by atoms with Gasteiger partial charge in [-0.05, 0) is 64.1 Å². The highest BCUT2D eigenvalue weighted by Gasteiger charge is 2.40. The van der Waals surface area contributed by atoms with E-state index in [1.165, 1.54) is 32.4 Å². The van der Waals surface area contributed by atoms with Crippen LogP contribution in [0.2, 0.25) is 0 Å². The summed E-state index contributed by atoms with van der Waals surface area (Å²) >= 11 is 0. The van der Waals surface area contributed by atoms with Gasteiger partial charge in [0, 0.05) is 11.6 Å². The van der Waals surface area contributed by atoms with Gasteiger partial charge >= 0.3 is 0 Å². The maximum Gasteiger partial charge on any atom is 0.0613 e. The normalized spacial score (nSPS) is 35.2. The first-order valence-electron chi connectivity index (χ1n) is 7.79. The zero-order valence-corrected chi connectivity index (χ0v) is 12.1. The molecular formula is C15H30N2O. The third kappa shape index (κ3) is 3.25. The topological polar surface area (TPSA) is 35.5 Å². The minimum absolute atomic E-state index is 0.0176. The molecule has 1 heterocycles. The van der Waals surface area contributed by atoms with E-state index < -0.39 is 0 Å². The summed E-state index contributed by atoms with van der Waals surface area (Å²) in [4.78, 5) is 2.67. The smallest absolute Gasteiger partial charge is 0.0613 e. The Balaban J connectivity index is 1.86. The summed E-state index contributed by atoms with van der Waals surface area (Å²) in [5, 5.41) is 13.3. The predicted molar refractivity (Wildman–Crippen MR) is 75.7 cm³/mol. The van der Waals surface area contributed by atoms with E-state index in [4.69, 9.17) is 0 Å². The lowest BCUT2D eigenvalue weighted by Crippen LogP contribution is -2.49. The van der Waals surface area contributed by atoms with Crippen molar-refractivity contribution in [2.75, 3.05) is 26.2 Å². The monoisotopic (exact) mass is 254 g/mol. The molecule has 0 amide bonds. The first-order chi connectivity index (χ1) is 8.69. The number of aliphatic hydroxyl groups is 1. The van der Waals surface area contributed by atoms with Crippen LogP contribution in [0.15, 0.2) is 0 Å². The lowest BCUT2D eigenvalue weighted by Gasteiger charge is -2.36. The van der Waals surface area contributed by atoms with Gasteiger partial charge in [0.15, 0.2) is 0 Å². The molecule has 1 aliphatic heterocycles. The van der Waals surface area contributed by atoms with E-state index in [9.17, 15) is 5.11 Å². The van der Waals surface area contributed by atoms with E-state index in [2.05, 4.69) is 24.1 Å². The Labute approximate surface area is 112 Å². The first kappa shape index (κ1) is 14.3. The average Bonchev–Trinajstić information content (AvgIpc) is 2.82. The number of hydrogen-bond acceptors (Lipinski definition) is 3. The molecule has 3 heteroatoms. The summed E-state index contributed by atoms with van der Waals surface area (Å²) in [6.45, 7) is 8.42. The van der Waals surface area contributed by atoms with E-state index in [0.29, 0.717) is 12.6 Å². The van der Waals surface area contributed by atoms with Crippen LogP contribution in [0, 0.1) is 5.92 Å². The highest BCUT2D eigenvalue weighted by molar-refractivity contribution is 4.99. The third-order valence-corrected chi connectivity index (χ3v) is 4.97. The average molecular weight is 254 g/mol. The fourth-order valence-corrected chi connectivity index (χ4v) is 3.55. The minimum atomic E-state index is 0.0176. The largest absolute Gasteiger partial charge is 0.394 e. The van der Waals surface area contributed by atoms with Crippen LogP contribution in [-0.4, -0.2) is 47.8 Å². The molecule has 2 rings (SSSR count). The van der Waals surface area contributed by atoms with Gasteiger partial charge in [-0.1, -0.05) is 13.8 Å². The van der Waals surface area contributed by atoms with Gasteiger partial charge < -0.3 is 15.3 Å². The standard InChI is InChI=1S/C15H30N2O/c1-3-8-16-15(12-18)7-4-14(11-15)17-9-5-13(2)6-10-17/h13-14,16,18H,3-12H2,1-2H3. The van der Waals surface area contributed by atoms with E-state index in [1.807, 2.05) is 0 Å². The van der Waals surface area contributed by atoms with Crippen LogP contribution in [0.3, 0.4) is 0 Å². The molecule has 0 aromatic carbocycles. The van der Waals surface area contributed by atoms with Gasteiger partial charge in [0.05, 0.1) is 6.61 Å². The Bertz CT molecular complexity index is 251. The SMILES string of the molecule is CCCNC1(CO)CCC(N2CCC(C)CC2)C1. The van der Waals surface area contributed by atoms with Crippen LogP contribution in [0.4, 0.5) is 0 Å². The van der Waals surface area contributed by atoms with Crippen LogP contribution >= 0.6 is 0 Å². The minimum Gasteiger partial charge on any atom is -0.394 e. The molecule has 1 saturated carbocycles. The van der Waals surface area contributed by atoms with Crippen LogP contribution in [0.1, 0.15) is 52.4 Å². The summed E-state index contributed by atoms with van der Waals surface area (Å²) < 4.78 is 0. The van der Waals surface area contributed by atoms with Gasteiger partial charge in [0.1, 0.15) is 0 Å². The Kier molecular flexibility index (Phi) is 5.05. The highest BCUT2D eigenvalue weighted by Crippen LogP contribution is 2.34. The number of nitrogens with one attached hydrogen (secondary N) is 1. The quantitative estimate of drug-likeness (QED) is 0.788. The number of nitrogens with zero attached hydrogens (tertiary/aromatic N) is 1. The molecule has 3 nitrogen and oxygen atoms in total. The van der Waals surface area contributed by atoms with Crippen molar-refractivity contribution >= 4 is 0 Å². The number of likely N-dealkylation sites (tertiary alicyclic amines) is 1. The van der Waals surface area contributed by atoms with Crippen molar-refractivity contribution in [2.24, 2.45) is 5.92 Å². The van der Waals surface area contributed by atoms with Crippen molar-refractivity contribution in [1.82, 2.24) is 10.2 Å². The van der Waals surface area contributed by atoms with Crippen molar-refractivity contribution in [3.8, 4) is 0 Å². The van der Waals surface area contributed by atoms with Crippen LogP contribution in [0.5, 0.6) is 0 Å². The Morgan fingerprint density at radius 2 is 2.00 bits per heavy atom. The Hall–Kier alpha value is -0.120. The molecule has 2 fully saturated rings. The van der Waals surface area contributed by atoms with Gasteiger partial charge in [-0.2, -0.15) is 0 Å². The lowest BCUT2D eigenvalue weighted by molar-refractivity contribution is 0.118. The summed E-state index contributed by atoms with van der Waals surface area (Å²) in [7, 11) is 0. The predicted octanol–water partition coefficient (Wildman–Crippen LogP) is 2.00. The summed E-state index contributed by atoms with van der Waals surface area (Å²) in [5.74, 6) is 0.906. The Morgan fingerprint density at radius 3 is 2.61 bits per heavy atom. The van der Waals surface area contributed by atoms with Gasteiger partial charge in [-0.25, -0.2) is 0 Å². The van der Waals surface area contributed by atoms with E-state index >= 15 is 0 Å². The summed E-state index contributed by atoms with van der Waals surface area (Å²) in [6, 6.07) is 0.703. The molecule has 0 aromatic heterocycles. The van der Waals surface area contributed by atoms with Crippen molar-refractivity contribution < 1.29 is 5.11 Å². The molecule has 2 unspecified atom stereocenters. The molecule has 0 aromatic rings. The molecule has 0 bridgehead atoms. The molecule has 1 aliphatic carbocycles. The van der Waals surface area contributed by atoms with E-state index in [1.54, 1.807) is 0 Å². The molecular weight excluding hydrogens is 224 g/mol. The second-order valence-corrected chi connectivity index (χ2v) is 6.48. The van der Waals surface area contributed by atoms with E-state index in [0.717, 1.165) is 31.7 Å². The van der Waals surface area contributed by atoms with Crippen LogP contribution in [0.25, 0.3) is 0 Å². The molecule has 2 atom stereocenters. The molecule has 2 aliphatic rings. The fourth-order valence-electron chi connectivity index (χ4n) is 3.55.